The van der Waals surface area contributed by atoms with Gasteiger partial charge in [0.15, 0.2) is 17.5 Å². The Kier molecular flexibility index (Phi) is 10.0. The van der Waals surface area contributed by atoms with Crippen LogP contribution in [0.25, 0.3) is 0 Å². The third kappa shape index (κ3) is 7.61. The molecule has 0 aliphatic heterocycles. The van der Waals surface area contributed by atoms with Gasteiger partial charge in [0, 0.05) is 32.0 Å². The van der Waals surface area contributed by atoms with Crippen LogP contribution in [0.4, 0.5) is 0 Å². The summed E-state index contributed by atoms with van der Waals surface area (Å²) in [6.07, 6.45) is 4.72. The lowest BCUT2D eigenvalue weighted by atomic mass is 10.1. The van der Waals surface area contributed by atoms with E-state index in [9.17, 15) is 0 Å². The van der Waals surface area contributed by atoms with Crippen molar-refractivity contribution in [3.8, 4) is 11.5 Å². The molecule has 1 heterocycles. The van der Waals surface area contributed by atoms with Crippen LogP contribution < -0.4 is 20.1 Å². The number of benzene rings is 1. The van der Waals surface area contributed by atoms with Gasteiger partial charge in [0.05, 0.1) is 13.2 Å². The molecule has 2 aromatic rings. The Morgan fingerprint density at radius 3 is 2.57 bits per heavy atom. The molecule has 0 fully saturated rings. The molecule has 2 rings (SSSR count). The Balaban J connectivity index is 1.95. The zero-order valence-corrected chi connectivity index (χ0v) is 19.1. The predicted molar refractivity (Wildman–Crippen MR) is 122 cm³/mol. The quantitative estimate of drug-likeness (QED) is 0.409. The smallest absolute Gasteiger partial charge is 0.191 e. The van der Waals surface area contributed by atoms with E-state index >= 15 is 0 Å². The monoisotopic (exact) mass is 415 g/mol. The highest BCUT2D eigenvalue weighted by atomic mass is 16.5. The lowest BCUT2D eigenvalue weighted by Gasteiger charge is -2.14. The van der Waals surface area contributed by atoms with Crippen molar-refractivity contribution in [2.75, 3.05) is 26.3 Å². The average Bonchev–Trinajstić information content (AvgIpc) is 3.14. The number of aliphatic imine (C=N–C) groups is 1. The molecule has 0 amide bonds. The van der Waals surface area contributed by atoms with E-state index < -0.39 is 0 Å². The average molecular weight is 416 g/mol. The fourth-order valence-electron chi connectivity index (χ4n) is 3.12. The number of nitrogens with one attached hydrogen (secondary N) is 2. The van der Waals surface area contributed by atoms with E-state index in [2.05, 4.69) is 53.1 Å². The molecular weight excluding hydrogens is 378 g/mol. The van der Waals surface area contributed by atoms with Gasteiger partial charge >= 0.3 is 0 Å². The molecule has 0 saturated carbocycles. The predicted octanol–water partition coefficient (Wildman–Crippen LogP) is 3.63. The fraction of sp³-hybridized carbons (Fsp3) is 0.565. The number of ether oxygens (including phenoxy) is 2. The second-order valence-electron chi connectivity index (χ2n) is 7.41. The van der Waals surface area contributed by atoms with Gasteiger partial charge < -0.3 is 24.7 Å². The third-order valence-electron chi connectivity index (χ3n) is 4.40. The third-order valence-corrected chi connectivity index (χ3v) is 4.40. The molecule has 30 heavy (non-hydrogen) atoms. The van der Waals surface area contributed by atoms with E-state index in [1.165, 1.54) is 5.56 Å². The number of guanidine groups is 1. The van der Waals surface area contributed by atoms with E-state index in [1.807, 2.05) is 32.3 Å². The first kappa shape index (κ1) is 23.6. The fourth-order valence-corrected chi connectivity index (χ4v) is 3.12. The maximum absolute atomic E-state index is 5.72. The summed E-state index contributed by atoms with van der Waals surface area (Å²) in [7, 11) is 0. The summed E-state index contributed by atoms with van der Waals surface area (Å²) in [5, 5.41) is 6.72. The van der Waals surface area contributed by atoms with E-state index in [4.69, 9.17) is 14.5 Å². The van der Waals surface area contributed by atoms with Gasteiger partial charge in [0.25, 0.3) is 0 Å². The molecule has 0 aliphatic rings. The van der Waals surface area contributed by atoms with Crippen molar-refractivity contribution in [1.82, 2.24) is 20.2 Å². The van der Waals surface area contributed by atoms with Crippen LogP contribution in [0.5, 0.6) is 11.5 Å². The number of hydrogen-bond donors (Lipinski definition) is 2. The minimum Gasteiger partial charge on any atom is -0.490 e. The molecule has 0 saturated heterocycles. The van der Waals surface area contributed by atoms with Crippen molar-refractivity contribution in [1.29, 1.82) is 0 Å². The van der Waals surface area contributed by atoms with Gasteiger partial charge in [-0.3, -0.25) is 0 Å². The summed E-state index contributed by atoms with van der Waals surface area (Å²) >= 11 is 0. The number of imidazole rings is 1. The Labute approximate surface area is 180 Å². The summed E-state index contributed by atoms with van der Waals surface area (Å²) in [6.45, 7) is 14.8. The Morgan fingerprint density at radius 2 is 1.87 bits per heavy atom. The Bertz CT molecular complexity index is 786. The summed E-state index contributed by atoms with van der Waals surface area (Å²) in [5.74, 6) is 3.95. The van der Waals surface area contributed by atoms with Gasteiger partial charge in [-0.05, 0) is 50.8 Å². The first-order chi connectivity index (χ1) is 14.6. The molecule has 0 spiro atoms. The van der Waals surface area contributed by atoms with Gasteiger partial charge in [-0.25, -0.2) is 9.98 Å². The topological polar surface area (TPSA) is 72.7 Å². The van der Waals surface area contributed by atoms with Crippen LogP contribution >= 0.6 is 0 Å². The maximum atomic E-state index is 5.72. The Hall–Kier alpha value is -2.70. The number of nitrogens with zero attached hydrogens (tertiary/aromatic N) is 3. The van der Waals surface area contributed by atoms with Crippen LogP contribution in [0, 0.1) is 5.92 Å². The van der Waals surface area contributed by atoms with E-state index in [0.717, 1.165) is 49.3 Å². The SMILES string of the molecule is CCNC(=NCc1nccn1CC(C)C)NCCc1ccc(OCC)c(OCC)c1. The van der Waals surface area contributed by atoms with Crippen molar-refractivity contribution in [3.05, 3.63) is 42.0 Å². The van der Waals surface area contributed by atoms with Crippen molar-refractivity contribution in [2.24, 2.45) is 10.9 Å². The summed E-state index contributed by atoms with van der Waals surface area (Å²) in [4.78, 5) is 9.16. The van der Waals surface area contributed by atoms with Crippen LogP contribution in [0.15, 0.2) is 35.6 Å². The number of rotatable bonds is 12. The van der Waals surface area contributed by atoms with Gasteiger partial charge in [-0.2, -0.15) is 0 Å². The highest BCUT2D eigenvalue weighted by Crippen LogP contribution is 2.28. The zero-order chi connectivity index (χ0) is 21.8. The maximum Gasteiger partial charge on any atom is 0.191 e. The molecule has 1 aromatic heterocycles. The molecule has 2 N–H and O–H groups in total. The van der Waals surface area contributed by atoms with Crippen LogP contribution in [0.3, 0.4) is 0 Å². The van der Waals surface area contributed by atoms with Crippen molar-refractivity contribution in [3.63, 3.8) is 0 Å². The molecule has 0 radical (unpaired) electrons. The Morgan fingerprint density at radius 1 is 1.10 bits per heavy atom. The molecule has 7 heteroatoms. The van der Waals surface area contributed by atoms with E-state index in [0.29, 0.717) is 25.7 Å². The normalized spacial score (nSPS) is 11.6. The molecule has 0 atom stereocenters. The molecule has 166 valence electrons. The minimum absolute atomic E-state index is 0.548. The van der Waals surface area contributed by atoms with Crippen molar-refractivity contribution in [2.45, 2.75) is 54.1 Å². The largest absolute Gasteiger partial charge is 0.490 e. The molecular formula is C23H37N5O2. The van der Waals surface area contributed by atoms with Gasteiger partial charge in [-0.1, -0.05) is 19.9 Å². The first-order valence-corrected chi connectivity index (χ1v) is 11.0. The van der Waals surface area contributed by atoms with E-state index in [1.54, 1.807) is 0 Å². The standard InChI is InChI=1S/C23H37N5O2/c1-6-24-23(27-16-22-25-13-14-28(22)17-18(4)5)26-12-11-19-9-10-20(29-7-2)21(15-19)30-8-3/h9-10,13-15,18H,6-8,11-12,16-17H2,1-5H3,(H2,24,26,27). The van der Waals surface area contributed by atoms with E-state index in [-0.39, 0.29) is 0 Å². The van der Waals surface area contributed by atoms with Crippen LogP contribution in [0.1, 0.15) is 46.0 Å². The lowest BCUT2D eigenvalue weighted by molar-refractivity contribution is 0.287. The van der Waals surface area contributed by atoms with Crippen LogP contribution in [-0.2, 0) is 19.5 Å². The second kappa shape index (κ2) is 12.8. The summed E-state index contributed by atoms with van der Waals surface area (Å²) in [5.41, 5.74) is 1.19. The highest BCUT2D eigenvalue weighted by Gasteiger charge is 2.07. The molecule has 0 unspecified atom stereocenters. The number of aromatic nitrogens is 2. The minimum atomic E-state index is 0.548. The molecule has 0 bridgehead atoms. The first-order valence-electron chi connectivity index (χ1n) is 11.0. The van der Waals surface area contributed by atoms with Crippen molar-refractivity contribution < 1.29 is 9.47 Å². The van der Waals surface area contributed by atoms with Gasteiger partial charge in [0.2, 0.25) is 0 Å². The lowest BCUT2D eigenvalue weighted by Crippen LogP contribution is -2.38. The highest BCUT2D eigenvalue weighted by molar-refractivity contribution is 5.79. The van der Waals surface area contributed by atoms with Gasteiger partial charge in [0.1, 0.15) is 12.4 Å². The van der Waals surface area contributed by atoms with Crippen molar-refractivity contribution >= 4 is 5.96 Å². The van der Waals surface area contributed by atoms with Gasteiger partial charge in [-0.15, -0.1) is 0 Å². The second-order valence-corrected chi connectivity index (χ2v) is 7.41. The van der Waals surface area contributed by atoms with Crippen LogP contribution in [0.2, 0.25) is 0 Å². The molecule has 7 nitrogen and oxygen atoms in total. The number of hydrogen-bond acceptors (Lipinski definition) is 4. The van der Waals surface area contributed by atoms with Crippen LogP contribution in [-0.4, -0.2) is 41.8 Å². The summed E-state index contributed by atoms with van der Waals surface area (Å²) in [6, 6.07) is 6.13. The zero-order valence-electron chi connectivity index (χ0n) is 19.1. The molecule has 0 aliphatic carbocycles. The summed E-state index contributed by atoms with van der Waals surface area (Å²) < 4.78 is 13.5. The molecule has 1 aromatic carbocycles.